The minimum atomic E-state index is -0.453. The second kappa shape index (κ2) is 9.94. The van der Waals surface area contributed by atoms with Crippen LogP contribution in [0.25, 0.3) is 0 Å². The predicted molar refractivity (Wildman–Crippen MR) is 103 cm³/mol. The van der Waals surface area contributed by atoms with Gasteiger partial charge in [-0.3, -0.25) is 4.90 Å². The Morgan fingerprint density at radius 3 is 2.44 bits per heavy atom. The van der Waals surface area contributed by atoms with Crippen LogP contribution in [0.2, 0.25) is 0 Å². The molecule has 144 valence electrons. The molecule has 1 aliphatic rings. The van der Waals surface area contributed by atoms with Crippen LogP contribution in [-0.2, 0) is 4.74 Å². The number of hydrogen-bond acceptors (Lipinski definition) is 5. The first-order valence-electron chi connectivity index (χ1n) is 9.31. The number of ether oxygens (including phenoxy) is 3. The van der Waals surface area contributed by atoms with Crippen molar-refractivity contribution >= 4 is 6.09 Å². The van der Waals surface area contributed by atoms with Crippen molar-refractivity contribution in [2.75, 3.05) is 39.5 Å². The number of para-hydroxylation sites is 1. The molecule has 27 heavy (non-hydrogen) atoms. The highest BCUT2D eigenvalue weighted by Gasteiger charge is 2.23. The summed E-state index contributed by atoms with van der Waals surface area (Å²) < 4.78 is 16.3. The lowest BCUT2D eigenvalue weighted by Gasteiger charge is -2.34. The summed E-state index contributed by atoms with van der Waals surface area (Å²) in [6, 6.07) is 17.1. The molecular weight excluding hydrogens is 344 g/mol. The molecule has 0 spiro atoms. The Balaban J connectivity index is 1.65. The second-order valence-corrected chi connectivity index (χ2v) is 6.25. The molecule has 0 bridgehead atoms. The number of carbonyl (C=O) groups is 1. The fourth-order valence-electron chi connectivity index (χ4n) is 3.11. The highest BCUT2D eigenvalue weighted by Crippen LogP contribution is 2.24. The van der Waals surface area contributed by atoms with Gasteiger partial charge < -0.3 is 19.5 Å². The Kier molecular flexibility index (Phi) is 7.07. The minimum Gasteiger partial charge on any atom is -0.494 e. The molecule has 1 N–H and O–H groups in total. The Hall–Kier alpha value is -2.57. The van der Waals surface area contributed by atoms with Crippen molar-refractivity contribution in [1.29, 1.82) is 0 Å². The van der Waals surface area contributed by atoms with E-state index >= 15 is 0 Å². The molecule has 1 aliphatic heterocycles. The smallest absolute Gasteiger partial charge is 0.412 e. The number of nitrogens with one attached hydrogen (secondary N) is 1. The molecule has 6 heteroatoms. The molecule has 3 rings (SSSR count). The molecular formula is C21H26N2O4. The largest absolute Gasteiger partial charge is 0.494 e. The molecule has 1 fully saturated rings. The van der Waals surface area contributed by atoms with E-state index in [1.807, 2.05) is 37.3 Å². The van der Waals surface area contributed by atoms with Gasteiger partial charge in [0, 0.05) is 19.6 Å². The van der Waals surface area contributed by atoms with Gasteiger partial charge in [0.15, 0.2) is 0 Å². The Morgan fingerprint density at radius 1 is 1.07 bits per heavy atom. The predicted octanol–water partition coefficient (Wildman–Crippen LogP) is 3.25. The van der Waals surface area contributed by atoms with E-state index in [0.717, 1.165) is 24.4 Å². The quantitative estimate of drug-likeness (QED) is 0.811. The SMILES string of the molecule is CCOc1ccc(C(CNC(=O)Oc2ccccc2)N2CCOCC2)cc1. The Labute approximate surface area is 160 Å². The fraction of sp³-hybridized carbons (Fsp3) is 0.381. The van der Waals surface area contributed by atoms with Gasteiger partial charge in [-0.2, -0.15) is 0 Å². The summed E-state index contributed by atoms with van der Waals surface area (Å²) in [7, 11) is 0. The zero-order chi connectivity index (χ0) is 18.9. The van der Waals surface area contributed by atoms with Crippen molar-refractivity contribution in [3.05, 3.63) is 60.2 Å². The zero-order valence-electron chi connectivity index (χ0n) is 15.6. The van der Waals surface area contributed by atoms with Crippen molar-refractivity contribution in [1.82, 2.24) is 10.2 Å². The summed E-state index contributed by atoms with van der Waals surface area (Å²) >= 11 is 0. The highest BCUT2D eigenvalue weighted by atomic mass is 16.6. The number of benzene rings is 2. The van der Waals surface area contributed by atoms with E-state index in [9.17, 15) is 4.79 Å². The first-order chi connectivity index (χ1) is 13.3. The summed E-state index contributed by atoms with van der Waals surface area (Å²) in [6.45, 7) is 6.11. The van der Waals surface area contributed by atoms with Crippen LogP contribution in [0.3, 0.4) is 0 Å². The van der Waals surface area contributed by atoms with E-state index in [1.54, 1.807) is 12.1 Å². The first-order valence-corrected chi connectivity index (χ1v) is 9.31. The van der Waals surface area contributed by atoms with Gasteiger partial charge >= 0.3 is 6.09 Å². The van der Waals surface area contributed by atoms with Gasteiger partial charge in [0.2, 0.25) is 0 Å². The van der Waals surface area contributed by atoms with E-state index in [1.165, 1.54) is 0 Å². The third kappa shape index (κ3) is 5.70. The summed E-state index contributed by atoms with van der Waals surface area (Å²) in [6.07, 6.45) is -0.453. The molecule has 0 aliphatic carbocycles. The Bertz CT molecular complexity index is 700. The maximum absolute atomic E-state index is 12.2. The van der Waals surface area contributed by atoms with Gasteiger partial charge in [-0.05, 0) is 36.8 Å². The van der Waals surface area contributed by atoms with Crippen molar-refractivity contribution in [2.45, 2.75) is 13.0 Å². The van der Waals surface area contributed by atoms with E-state index in [0.29, 0.717) is 32.1 Å². The van der Waals surface area contributed by atoms with Crippen molar-refractivity contribution in [3.8, 4) is 11.5 Å². The lowest BCUT2D eigenvalue weighted by molar-refractivity contribution is 0.0164. The third-order valence-corrected chi connectivity index (χ3v) is 4.46. The molecule has 1 saturated heterocycles. The molecule has 6 nitrogen and oxygen atoms in total. The normalized spacial score (nSPS) is 15.7. The van der Waals surface area contributed by atoms with Gasteiger partial charge in [0.1, 0.15) is 11.5 Å². The summed E-state index contributed by atoms with van der Waals surface area (Å²) in [5.41, 5.74) is 1.13. The standard InChI is InChI=1S/C21H26N2O4/c1-2-26-18-10-8-17(9-11-18)20(23-12-14-25-15-13-23)16-22-21(24)27-19-6-4-3-5-7-19/h3-11,20H,2,12-16H2,1H3,(H,22,24). The lowest BCUT2D eigenvalue weighted by atomic mass is 10.0. The summed E-state index contributed by atoms with van der Waals surface area (Å²) in [5, 5.41) is 2.89. The third-order valence-electron chi connectivity index (χ3n) is 4.46. The topological polar surface area (TPSA) is 60.0 Å². The maximum Gasteiger partial charge on any atom is 0.412 e. The van der Waals surface area contributed by atoms with Gasteiger partial charge in [-0.1, -0.05) is 30.3 Å². The maximum atomic E-state index is 12.2. The van der Waals surface area contributed by atoms with E-state index in [2.05, 4.69) is 22.3 Å². The van der Waals surface area contributed by atoms with Crippen molar-refractivity contribution < 1.29 is 19.0 Å². The van der Waals surface area contributed by atoms with Crippen LogP contribution in [0.4, 0.5) is 4.79 Å². The summed E-state index contributed by atoms with van der Waals surface area (Å²) in [4.78, 5) is 14.5. The number of carbonyl (C=O) groups excluding carboxylic acids is 1. The van der Waals surface area contributed by atoms with E-state index in [4.69, 9.17) is 14.2 Å². The van der Waals surface area contributed by atoms with Gasteiger partial charge in [-0.15, -0.1) is 0 Å². The van der Waals surface area contributed by atoms with Gasteiger partial charge in [0.05, 0.1) is 25.9 Å². The van der Waals surface area contributed by atoms with Crippen LogP contribution >= 0.6 is 0 Å². The molecule has 0 radical (unpaired) electrons. The van der Waals surface area contributed by atoms with Crippen LogP contribution in [0.15, 0.2) is 54.6 Å². The molecule has 1 unspecified atom stereocenters. The van der Waals surface area contributed by atoms with Crippen molar-refractivity contribution in [3.63, 3.8) is 0 Å². The number of nitrogens with zero attached hydrogens (tertiary/aromatic N) is 1. The first kappa shape index (κ1) is 19.2. The minimum absolute atomic E-state index is 0.0490. The highest BCUT2D eigenvalue weighted by molar-refractivity contribution is 5.70. The molecule has 2 aromatic carbocycles. The average Bonchev–Trinajstić information content (AvgIpc) is 2.71. The average molecular weight is 370 g/mol. The molecule has 0 saturated carbocycles. The zero-order valence-corrected chi connectivity index (χ0v) is 15.6. The number of morpholine rings is 1. The Morgan fingerprint density at radius 2 is 1.78 bits per heavy atom. The number of hydrogen-bond donors (Lipinski definition) is 1. The van der Waals surface area contributed by atoms with Crippen LogP contribution in [-0.4, -0.2) is 50.4 Å². The summed E-state index contributed by atoms with van der Waals surface area (Å²) in [5.74, 6) is 1.37. The fourth-order valence-corrected chi connectivity index (χ4v) is 3.11. The van der Waals surface area contributed by atoms with E-state index < -0.39 is 6.09 Å². The molecule has 0 aromatic heterocycles. The van der Waals surface area contributed by atoms with Crippen LogP contribution in [0.1, 0.15) is 18.5 Å². The molecule has 1 atom stereocenters. The van der Waals surface area contributed by atoms with Crippen LogP contribution in [0.5, 0.6) is 11.5 Å². The number of rotatable bonds is 7. The number of amides is 1. The second-order valence-electron chi connectivity index (χ2n) is 6.25. The lowest BCUT2D eigenvalue weighted by Crippen LogP contribution is -2.44. The van der Waals surface area contributed by atoms with Crippen LogP contribution < -0.4 is 14.8 Å². The molecule has 1 heterocycles. The van der Waals surface area contributed by atoms with Crippen molar-refractivity contribution in [2.24, 2.45) is 0 Å². The molecule has 1 amide bonds. The van der Waals surface area contributed by atoms with Gasteiger partial charge in [0.25, 0.3) is 0 Å². The monoisotopic (exact) mass is 370 g/mol. The van der Waals surface area contributed by atoms with Crippen LogP contribution in [0, 0.1) is 0 Å². The van der Waals surface area contributed by atoms with Gasteiger partial charge in [-0.25, -0.2) is 4.79 Å². The molecule has 2 aromatic rings. The van der Waals surface area contributed by atoms with E-state index in [-0.39, 0.29) is 6.04 Å².